The molecule has 20 heavy (non-hydrogen) atoms. The first kappa shape index (κ1) is 12.6. The summed E-state index contributed by atoms with van der Waals surface area (Å²) >= 11 is 0. The molecule has 3 aromatic rings. The summed E-state index contributed by atoms with van der Waals surface area (Å²) in [5, 5.41) is 0. The van der Waals surface area contributed by atoms with Crippen molar-refractivity contribution in [3.63, 3.8) is 0 Å². The first-order valence-corrected chi connectivity index (χ1v) is 6.65. The molecule has 2 radical (unpaired) electrons. The van der Waals surface area contributed by atoms with Crippen molar-refractivity contribution < 1.29 is 0 Å². The second-order valence-electron chi connectivity index (χ2n) is 4.76. The molecule has 0 unspecified atom stereocenters. The molecule has 3 rings (SSSR count). The second kappa shape index (κ2) is 5.32. The Morgan fingerprint density at radius 2 is 1.15 bits per heavy atom. The monoisotopic (exact) mass is 257 g/mol. The van der Waals surface area contributed by atoms with E-state index in [9.17, 15) is 0 Å². The summed E-state index contributed by atoms with van der Waals surface area (Å²) in [7, 11) is 0. The van der Waals surface area contributed by atoms with Gasteiger partial charge in [-0.1, -0.05) is 84.9 Å². The molecule has 0 spiro atoms. The molecule has 1 N–H and O–H groups in total. The minimum atomic E-state index is -0.927. The maximum Gasteiger partial charge on any atom is 0.108 e. The van der Waals surface area contributed by atoms with Gasteiger partial charge in [-0.15, -0.1) is 0 Å². The van der Waals surface area contributed by atoms with Gasteiger partial charge in [0.05, 0.1) is 0 Å². The Kier molecular flexibility index (Phi) is 3.36. The SMILES string of the molecule is [NH]C(c1[c]cccc1)(c1ccccc1)c1ccccc1. The van der Waals surface area contributed by atoms with Gasteiger partial charge in [-0.05, 0) is 22.8 Å². The maximum absolute atomic E-state index is 9.11. The van der Waals surface area contributed by atoms with Crippen LogP contribution in [0.2, 0.25) is 0 Å². The van der Waals surface area contributed by atoms with Crippen LogP contribution in [0.4, 0.5) is 0 Å². The molecular formula is C19H15N. The lowest BCUT2D eigenvalue weighted by Crippen LogP contribution is -2.30. The summed E-state index contributed by atoms with van der Waals surface area (Å²) < 4.78 is 0. The standard InChI is InChI=1S/C19H15N/c20-19(16-10-4-1-5-11-16,17-12-6-2-7-13-17)18-14-8-3-9-15-18/h1-14,20H. The number of rotatable bonds is 3. The van der Waals surface area contributed by atoms with E-state index in [1.54, 1.807) is 0 Å². The third-order valence-electron chi connectivity index (χ3n) is 3.53. The van der Waals surface area contributed by atoms with Crippen LogP contribution in [0.15, 0.2) is 84.9 Å². The lowest BCUT2D eigenvalue weighted by Gasteiger charge is -2.30. The predicted octanol–water partition coefficient (Wildman–Crippen LogP) is 4.06. The average molecular weight is 257 g/mol. The van der Waals surface area contributed by atoms with E-state index < -0.39 is 5.54 Å². The smallest absolute Gasteiger partial charge is 0.108 e. The summed E-state index contributed by atoms with van der Waals surface area (Å²) in [6.45, 7) is 0. The largest absolute Gasteiger partial charge is 0.237 e. The van der Waals surface area contributed by atoms with Gasteiger partial charge in [0, 0.05) is 0 Å². The molecule has 1 nitrogen and oxygen atoms in total. The van der Waals surface area contributed by atoms with Crippen molar-refractivity contribution in [3.05, 3.63) is 108 Å². The normalized spacial score (nSPS) is 11.2. The molecule has 0 saturated heterocycles. The average Bonchev–Trinajstić information content (AvgIpc) is 2.56. The van der Waals surface area contributed by atoms with Gasteiger partial charge >= 0.3 is 0 Å². The number of hydrogen-bond acceptors (Lipinski definition) is 0. The van der Waals surface area contributed by atoms with Crippen molar-refractivity contribution in [2.75, 3.05) is 0 Å². The van der Waals surface area contributed by atoms with E-state index in [0.29, 0.717) is 0 Å². The maximum atomic E-state index is 9.11. The molecule has 3 aromatic carbocycles. The fourth-order valence-electron chi connectivity index (χ4n) is 2.48. The fraction of sp³-hybridized carbons (Fsp3) is 0.0526. The van der Waals surface area contributed by atoms with Crippen molar-refractivity contribution >= 4 is 0 Å². The van der Waals surface area contributed by atoms with E-state index in [1.165, 1.54) is 0 Å². The first-order chi connectivity index (χ1) is 9.82. The highest BCUT2D eigenvalue weighted by Gasteiger charge is 2.32. The van der Waals surface area contributed by atoms with Gasteiger partial charge in [0.15, 0.2) is 0 Å². The lowest BCUT2D eigenvalue weighted by atomic mass is 9.78. The molecule has 1 heteroatoms. The molecule has 0 aliphatic heterocycles. The van der Waals surface area contributed by atoms with Crippen LogP contribution >= 0.6 is 0 Å². The van der Waals surface area contributed by atoms with Crippen LogP contribution in [0.25, 0.3) is 0 Å². The Hall–Kier alpha value is -2.38. The summed E-state index contributed by atoms with van der Waals surface area (Å²) in [5.74, 6) is 0. The fourth-order valence-corrected chi connectivity index (χ4v) is 2.48. The molecule has 0 saturated carbocycles. The van der Waals surface area contributed by atoms with E-state index >= 15 is 0 Å². The van der Waals surface area contributed by atoms with E-state index in [0.717, 1.165) is 16.7 Å². The molecule has 0 aliphatic rings. The summed E-state index contributed by atoms with van der Waals surface area (Å²) in [4.78, 5) is 0. The van der Waals surface area contributed by atoms with Gasteiger partial charge in [0.25, 0.3) is 0 Å². The van der Waals surface area contributed by atoms with E-state index in [2.05, 4.69) is 6.07 Å². The zero-order valence-electron chi connectivity index (χ0n) is 11.1. The molecule has 96 valence electrons. The van der Waals surface area contributed by atoms with Gasteiger partial charge < -0.3 is 0 Å². The number of nitrogens with one attached hydrogen (secondary N) is 1. The quantitative estimate of drug-likeness (QED) is 0.632. The molecule has 0 atom stereocenters. The third-order valence-corrected chi connectivity index (χ3v) is 3.53. The van der Waals surface area contributed by atoms with Crippen LogP contribution in [0.3, 0.4) is 0 Å². The van der Waals surface area contributed by atoms with Crippen LogP contribution in [0, 0.1) is 6.07 Å². The Bertz CT molecular complexity index is 563. The lowest BCUT2D eigenvalue weighted by molar-refractivity contribution is 0.627. The highest BCUT2D eigenvalue weighted by Crippen LogP contribution is 2.35. The Morgan fingerprint density at radius 3 is 1.60 bits per heavy atom. The van der Waals surface area contributed by atoms with E-state index in [4.69, 9.17) is 5.73 Å². The van der Waals surface area contributed by atoms with Crippen LogP contribution < -0.4 is 5.73 Å². The Morgan fingerprint density at radius 1 is 0.650 bits per heavy atom. The van der Waals surface area contributed by atoms with Crippen molar-refractivity contribution in [2.24, 2.45) is 0 Å². The highest BCUT2D eigenvalue weighted by atomic mass is 14.7. The van der Waals surface area contributed by atoms with Gasteiger partial charge in [-0.3, -0.25) is 0 Å². The predicted molar refractivity (Wildman–Crippen MR) is 81.1 cm³/mol. The van der Waals surface area contributed by atoms with Crippen molar-refractivity contribution in [1.82, 2.24) is 5.73 Å². The summed E-state index contributed by atoms with van der Waals surface area (Å²) in [6.07, 6.45) is 0. The summed E-state index contributed by atoms with van der Waals surface area (Å²) in [6, 6.07) is 30.8. The minimum Gasteiger partial charge on any atom is -0.237 e. The van der Waals surface area contributed by atoms with Crippen LogP contribution in [-0.4, -0.2) is 0 Å². The molecule has 0 bridgehead atoms. The highest BCUT2D eigenvalue weighted by molar-refractivity contribution is 5.47. The van der Waals surface area contributed by atoms with E-state index in [1.807, 2.05) is 84.9 Å². The second-order valence-corrected chi connectivity index (χ2v) is 4.76. The molecule has 0 aromatic heterocycles. The Balaban J connectivity index is 2.24. The van der Waals surface area contributed by atoms with Gasteiger partial charge in [-0.2, -0.15) is 0 Å². The van der Waals surface area contributed by atoms with Crippen LogP contribution in [0.5, 0.6) is 0 Å². The zero-order valence-corrected chi connectivity index (χ0v) is 11.1. The number of benzene rings is 3. The van der Waals surface area contributed by atoms with Crippen LogP contribution in [-0.2, 0) is 5.54 Å². The topological polar surface area (TPSA) is 23.8 Å². The van der Waals surface area contributed by atoms with E-state index in [-0.39, 0.29) is 0 Å². The Labute approximate surface area is 119 Å². The van der Waals surface area contributed by atoms with Gasteiger partial charge in [0.1, 0.15) is 5.54 Å². The number of hydrogen-bond donors (Lipinski definition) is 0. The first-order valence-electron chi connectivity index (χ1n) is 6.65. The molecule has 0 heterocycles. The molecule has 0 amide bonds. The molecule has 0 aliphatic carbocycles. The van der Waals surface area contributed by atoms with Crippen molar-refractivity contribution in [1.29, 1.82) is 0 Å². The van der Waals surface area contributed by atoms with Crippen molar-refractivity contribution in [3.8, 4) is 0 Å². The van der Waals surface area contributed by atoms with Gasteiger partial charge in [-0.25, -0.2) is 5.73 Å². The van der Waals surface area contributed by atoms with Crippen LogP contribution in [0.1, 0.15) is 16.7 Å². The summed E-state index contributed by atoms with van der Waals surface area (Å²) in [5.41, 5.74) is 10.9. The van der Waals surface area contributed by atoms with Crippen molar-refractivity contribution in [2.45, 2.75) is 5.54 Å². The van der Waals surface area contributed by atoms with Gasteiger partial charge in [0.2, 0.25) is 0 Å². The minimum absolute atomic E-state index is 0.859. The molecular weight excluding hydrogens is 242 g/mol. The zero-order chi connectivity index (χ0) is 13.8. The molecule has 0 fully saturated rings. The third kappa shape index (κ3) is 2.13.